The van der Waals surface area contributed by atoms with Crippen LogP contribution in [0.15, 0.2) is 27.2 Å². The number of carboxylic acids is 1. The van der Waals surface area contributed by atoms with Crippen molar-refractivity contribution in [2.75, 3.05) is 0 Å². The van der Waals surface area contributed by atoms with Crippen molar-refractivity contribution in [3.8, 4) is 11.3 Å². The molecule has 0 radical (unpaired) electrons. The molecule has 0 aliphatic heterocycles. The number of hydrogen-bond acceptors (Lipinski definition) is 3. The summed E-state index contributed by atoms with van der Waals surface area (Å²) in [6.45, 7) is 3.88. The third-order valence-corrected chi connectivity index (χ3v) is 3.25. The van der Waals surface area contributed by atoms with Gasteiger partial charge in [0.25, 0.3) is 0 Å². The summed E-state index contributed by atoms with van der Waals surface area (Å²) in [5, 5.41) is 13.1. The Balaban J connectivity index is 2.59. The maximum Gasteiger partial charge on any atom is 0.341 e. The smallest absolute Gasteiger partial charge is 0.341 e. The number of nitrogens with zero attached hydrogens (tertiary/aromatic N) is 1. The molecule has 0 saturated heterocycles. The molecule has 1 aromatic carbocycles. The molecule has 2 aromatic rings. The summed E-state index contributed by atoms with van der Waals surface area (Å²) in [4.78, 5) is 11.4. The lowest BCUT2D eigenvalue weighted by molar-refractivity contribution is 0.0695. The fourth-order valence-electron chi connectivity index (χ4n) is 1.92. The lowest BCUT2D eigenvalue weighted by Crippen LogP contribution is -2.04. The van der Waals surface area contributed by atoms with Gasteiger partial charge in [0.05, 0.1) is 0 Å². The molecule has 0 atom stereocenters. The van der Waals surface area contributed by atoms with Gasteiger partial charge >= 0.3 is 5.97 Å². The minimum atomic E-state index is -1.17. The first-order valence-corrected chi connectivity index (χ1v) is 6.86. The van der Waals surface area contributed by atoms with Gasteiger partial charge in [0.2, 0.25) is 0 Å². The molecule has 1 aromatic heterocycles. The Kier molecular flexibility index (Phi) is 4.23. The molecule has 0 spiro atoms. The van der Waals surface area contributed by atoms with E-state index in [1.54, 1.807) is 0 Å². The van der Waals surface area contributed by atoms with Crippen molar-refractivity contribution in [1.82, 2.24) is 5.16 Å². The number of hydrogen-bond donors (Lipinski definition) is 1. The van der Waals surface area contributed by atoms with Crippen molar-refractivity contribution in [3.05, 3.63) is 39.8 Å². The first kappa shape index (κ1) is 14.7. The second-order valence-corrected chi connectivity index (χ2v) is 5.77. The molecule has 0 aliphatic carbocycles. The van der Waals surface area contributed by atoms with Crippen LogP contribution in [0.3, 0.4) is 0 Å². The highest BCUT2D eigenvalue weighted by Gasteiger charge is 2.25. The fourth-order valence-corrected chi connectivity index (χ4v) is 2.28. The molecular weight excluding hydrogens is 329 g/mol. The van der Waals surface area contributed by atoms with Crippen LogP contribution in [0.5, 0.6) is 0 Å². The van der Waals surface area contributed by atoms with Crippen molar-refractivity contribution in [1.29, 1.82) is 0 Å². The molecule has 1 heterocycles. The zero-order chi connectivity index (χ0) is 14.9. The van der Waals surface area contributed by atoms with Crippen LogP contribution in [0.25, 0.3) is 11.3 Å². The van der Waals surface area contributed by atoms with Crippen LogP contribution in [-0.2, 0) is 6.42 Å². The Morgan fingerprint density at radius 3 is 2.80 bits per heavy atom. The van der Waals surface area contributed by atoms with Crippen LogP contribution >= 0.6 is 15.9 Å². The summed E-state index contributed by atoms with van der Waals surface area (Å²) in [5.41, 5.74) is 0.0539. The van der Waals surface area contributed by atoms with E-state index in [0.29, 0.717) is 10.9 Å². The van der Waals surface area contributed by atoms with Crippen molar-refractivity contribution < 1.29 is 18.8 Å². The quantitative estimate of drug-likeness (QED) is 0.907. The zero-order valence-electron chi connectivity index (χ0n) is 11.0. The number of aromatic nitrogens is 1. The number of carbonyl (C=O) groups is 1. The van der Waals surface area contributed by atoms with E-state index in [-0.39, 0.29) is 28.5 Å². The highest BCUT2D eigenvalue weighted by Crippen LogP contribution is 2.31. The number of halogens is 2. The average molecular weight is 342 g/mol. The second-order valence-electron chi connectivity index (χ2n) is 4.86. The van der Waals surface area contributed by atoms with Crippen LogP contribution in [0.1, 0.15) is 30.0 Å². The third-order valence-electron chi connectivity index (χ3n) is 2.75. The Hall–Kier alpha value is -1.69. The topological polar surface area (TPSA) is 63.3 Å². The Morgan fingerprint density at radius 1 is 1.50 bits per heavy atom. The molecule has 6 heteroatoms. The maximum absolute atomic E-state index is 13.9. The normalized spacial score (nSPS) is 11.1. The summed E-state index contributed by atoms with van der Waals surface area (Å²) in [7, 11) is 0. The number of rotatable bonds is 4. The average Bonchev–Trinajstić information content (AvgIpc) is 2.75. The van der Waals surface area contributed by atoms with E-state index in [0.717, 1.165) is 0 Å². The van der Waals surface area contributed by atoms with Gasteiger partial charge in [-0.15, -0.1) is 0 Å². The first-order chi connectivity index (χ1) is 9.40. The monoisotopic (exact) mass is 341 g/mol. The third kappa shape index (κ3) is 2.90. The van der Waals surface area contributed by atoms with Gasteiger partial charge in [-0.3, -0.25) is 0 Å². The van der Waals surface area contributed by atoms with E-state index in [1.165, 1.54) is 18.2 Å². The lowest BCUT2D eigenvalue weighted by atomic mass is 10.0. The lowest BCUT2D eigenvalue weighted by Gasteiger charge is -2.03. The molecule has 0 aliphatic rings. The summed E-state index contributed by atoms with van der Waals surface area (Å²) < 4.78 is 19.6. The first-order valence-electron chi connectivity index (χ1n) is 6.07. The second kappa shape index (κ2) is 5.75. The van der Waals surface area contributed by atoms with Gasteiger partial charge in [0.1, 0.15) is 17.1 Å². The van der Waals surface area contributed by atoms with E-state index >= 15 is 0 Å². The fraction of sp³-hybridized carbons (Fsp3) is 0.286. The van der Waals surface area contributed by atoms with E-state index in [9.17, 15) is 14.3 Å². The number of aromatic carboxylic acids is 1. The highest BCUT2D eigenvalue weighted by molar-refractivity contribution is 9.10. The SMILES string of the molecule is CC(C)Cc1onc(-c2cc(Br)ccc2F)c1C(=O)O. The van der Waals surface area contributed by atoms with Gasteiger partial charge in [0.15, 0.2) is 5.76 Å². The standard InChI is InChI=1S/C14H13BrFNO3/c1-7(2)5-11-12(14(18)19)13(17-20-11)9-6-8(15)3-4-10(9)16/h3-4,6-7H,5H2,1-2H3,(H,18,19). The Bertz CT molecular complexity index is 652. The molecule has 106 valence electrons. The molecule has 0 fully saturated rings. The van der Waals surface area contributed by atoms with Crippen molar-refractivity contribution in [2.24, 2.45) is 5.92 Å². The zero-order valence-corrected chi connectivity index (χ0v) is 12.6. The molecule has 0 bridgehead atoms. The van der Waals surface area contributed by atoms with Gasteiger partial charge in [-0.1, -0.05) is 34.9 Å². The predicted octanol–water partition coefficient (Wildman–Crippen LogP) is 4.14. The molecule has 0 amide bonds. The number of carboxylic acid groups (broad SMARTS) is 1. The molecule has 1 N–H and O–H groups in total. The summed E-state index contributed by atoms with van der Waals surface area (Å²) in [6, 6.07) is 4.27. The van der Waals surface area contributed by atoms with Crippen LogP contribution in [0.4, 0.5) is 4.39 Å². The van der Waals surface area contributed by atoms with Gasteiger partial charge in [0, 0.05) is 16.5 Å². The van der Waals surface area contributed by atoms with Crippen molar-refractivity contribution in [2.45, 2.75) is 20.3 Å². The molecule has 20 heavy (non-hydrogen) atoms. The summed E-state index contributed by atoms with van der Waals surface area (Å²) in [5.74, 6) is -1.24. The van der Waals surface area contributed by atoms with Crippen LogP contribution in [0, 0.1) is 11.7 Å². The minimum absolute atomic E-state index is 0.0203. The Morgan fingerprint density at radius 2 is 2.20 bits per heavy atom. The summed E-state index contributed by atoms with van der Waals surface area (Å²) in [6.07, 6.45) is 0.435. The van der Waals surface area contributed by atoms with Crippen molar-refractivity contribution >= 4 is 21.9 Å². The molecule has 2 rings (SSSR count). The molecular formula is C14H13BrFNO3. The van der Waals surface area contributed by atoms with E-state index in [2.05, 4.69) is 21.1 Å². The molecule has 0 unspecified atom stereocenters. The van der Waals surface area contributed by atoms with E-state index in [1.807, 2.05) is 13.8 Å². The minimum Gasteiger partial charge on any atom is -0.477 e. The van der Waals surface area contributed by atoms with E-state index < -0.39 is 11.8 Å². The van der Waals surface area contributed by atoms with Crippen LogP contribution in [-0.4, -0.2) is 16.2 Å². The van der Waals surface area contributed by atoms with E-state index in [4.69, 9.17) is 4.52 Å². The Labute approximate surface area is 123 Å². The molecule has 0 saturated carbocycles. The summed E-state index contributed by atoms with van der Waals surface area (Å²) >= 11 is 3.23. The van der Waals surface area contributed by atoms with Gasteiger partial charge in [-0.05, 0) is 24.1 Å². The van der Waals surface area contributed by atoms with Crippen molar-refractivity contribution in [3.63, 3.8) is 0 Å². The molecule has 4 nitrogen and oxygen atoms in total. The van der Waals surface area contributed by atoms with Gasteiger partial charge < -0.3 is 9.63 Å². The predicted molar refractivity (Wildman–Crippen MR) is 75.1 cm³/mol. The largest absolute Gasteiger partial charge is 0.477 e. The van der Waals surface area contributed by atoms with Crippen LogP contribution in [0.2, 0.25) is 0 Å². The van der Waals surface area contributed by atoms with Gasteiger partial charge in [-0.2, -0.15) is 0 Å². The maximum atomic E-state index is 13.9. The van der Waals surface area contributed by atoms with Gasteiger partial charge in [-0.25, -0.2) is 9.18 Å². The highest BCUT2D eigenvalue weighted by atomic mass is 79.9. The van der Waals surface area contributed by atoms with Crippen LogP contribution < -0.4 is 0 Å². The number of benzene rings is 1.